The summed E-state index contributed by atoms with van der Waals surface area (Å²) < 4.78 is 0. The molecule has 0 unspecified atom stereocenters. The van der Waals surface area contributed by atoms with E-state index in [9.17, 15) is 4.79 Å². The van der Waals surface area contributed by atoms with Crippen molar-refractivity contribution in [2.24, 2.45) is 0 Å². The highest BCUT2D eigenvalue weighted by Gasteiger charge is 2.13. The van der Waals surface area contributed by atoms with E-state index in [1.54, 1.807) is 0 Å². The Morgan fingerprint density at radius 3 is 2.59 bits per heavy atom. The Labute approximate surface area is 133 Å². The number of nitrogens with zero attached hydrogens (tertiary/aromatic N) is 2. The Morgan fingerprint density at radius 1 is 1.18 bits per heavy atom. The van der Waals surface area contributed by atoms with Crippen LogP contribution in [0, 0.1) is 0 Å². The highest BCUT2D eigenvalue weighted by molar-refractivity contribution is 7.17. The van der Waals surface area contributed by atoms with Gasteiger partial charge in [-0.1, -0.05) is 44.2 Å². The number of thiophene rings is 1. The van der Waals surface area contributed by atoms with E-state index in [0.717, 1.165) is 34.9 Å². The largest absolute Gasteiger partial charge is 0.309 e. The molecule has 2 heterocycles. The third kappa shape index (κ3) is 2.82. The number of nitrogens with one attached hydrogen (secondary N) is 1. The summed E-state index contributed by atoms with van der Waals surface area (Å²) in [6, 6.07) is 9.97. The van der Waals surface area contributed by atoms with Crippen LogP contribution in [0.25, 0.3) is 21.3 Å². The summed E-state index contributed by atoms with van der Waals surface area (Å²) in [6.45, 7) is 6.78. The molecule has 0 aliphatic heterocycles. The van der Waals surface area contributed by atoms with Crippen LogP contribution in [0.2, 0.25) is 0 Å². The normalized spacial score (nSPS) is 11.4. The van der Waals surface area contributed by atoms with E-state index in [1.807, 2.05) is 35.7 Å². The molecule has 22 heavy (non-hydrogen) atoms. The van der Waals surface area contributed by atoms with Gasteiger partial charge in [-0.05, 0) is 18.7 Å². The Morgan fingerprint density at radius 2 is 1.91 bits per heavy atom. The Kier molecular flexibility index (Phi) is 4.36. The molecule has 0 fully saturated rings. The first-order chi connectivity index (χ1) is 10.7. The average Bonchev–Trinajstić information content (AvgIpc) is 2.98. The van der Waals surface area contributed by atoms with Gasteiger partial charge in [0.2, 0.25) is 0 Å². The lowest BCUT2D eigenvalue weighted by molar-refractivity contribution is 0.288. The van der Waals surface area contributed by atoms with Crippen LogP contribution in [-0.2, 0) is 6.54 Å². The molecule has 3 rings (SSSR count). The highest BCUT2D eigenvalue weighted by Crippen LogP contribution is 2.30. The first kappa shape index (κ1) is 14.9. The van der Waals surface area contributed by atoms with Crippen LogP contribution in [0.4, 0.5) is 0 Å². The van der Waals surface area contributed by atoms with Gasteiger partial charge >= 0.3 is 0 Å². The Hall–Kier alpha value is -1.98. The monoisotopic (exact) mass is 313 g/mol. The molecule has 0 aliphatic carbocycles. The molecular formula is C17H19N3OS. The molecule has 1 N–H and O–H groups in total. The zero-order chi connectivity index (χ0) is 15.5. The van der Waals surface area contributed by atoms with Crippen molar-refractivity contribution in [3.05, 3.63) is 51.9 Å². The van der Waals surface area contributed by atoms with E-state index in [-0.39, 0.29) is 5.56 Å². The van der Waals surface area contributed by atoms with E-state index < -0.39 is 0 Å². The zero-order valence-electron chi connectivity index (χ0n) is 12.8. The third-order valence-electron chi connectivity index (χ3n) is 3.85. The van der Waals surface area contributed by atoms with Gasteiger partial charge in [-0.15, -0.1) is 11.3 Å². The van der Waals surface area contributed by atoms with Gasteiger partial charge in [-0.3, -0.25) is 9.69 Å². The molecule has 2 aromatic heterocycles. The topological polar surface area (TPSA) is 49.0 Å². The molecular weight excluding hydrogens is 294 g/mol. The number of aromatic amines is 1. The second kappa shape index (κ2) is 6.42. The van der Waals surface area contributed by atoms with Crippen molar-refractivity contribution in [2.75, 3.05) is 13.1 Å². The molecule has 0 atom stereocenters. The summed E-state index contributed by atoms with van der Waals surface area (Å²) in [4.78, 5) is 23.1. The van der Waals surface area contributed by atoms with Crippen molar-refractivity contribution in [1.29, 1.82) is 0 Å². The standard InChI is InChI=1S/C17H19N3OS/c1-3-20(4-2)10-14-18-16(21)15-13(11-22-17(15)19-14)12-8-6-5-7-9-12/h5-9,11H,3-4,10H2,1-2H3,(H,18,19,21). The van der Waals surface area contributed by atoms with Crippen molar-refractivity contribution in [1.82, 2.24) is 14.9 Å². The fourth-order valence-electron chi connectivity index (χ4n) is 2.56. The molecule has 114 valence electrons. The number of hydrogen-bond donors (Lipinski definition) is 1. The molecule has 0 spiro atoms. The van der Waals surface area contributed by atoms with Gasteiger partial charge in [0.15, 0.2) is 0 Å². The lowest BCUT2D eigenvalue weighted by Crippen LogP contribution is -2.25. The van der Waals surface area contributed by atoms with Crippen molar-refractivity contribution < 1.29 is 0 Å². The fourth-order valence-corrected chi connectivity index (χ4v) is 3.52. The Bertz CT molecular complexity index is 819. The van der Waals surface area contributed by atoms with Crippen LogP contribution in [0.5, 0.6) is 0 Å². The summed E-state index contributed by atoms with van der Waals surface area (Å²) in [5, 5.41) is 2.71. The third-order valence-corrected chi connectivity index (χ3v) is 4.72. The van der Waals surface area contributed by atoms with Gasteiger partial charge in [0.25, 0.3) is 5.56 Å². The fraction of sp³-hybridized carbons (Fsp3) is 0.294. The van der Waals surface area contributed by atoms with E-state index in [1.165, 1.54) is 11.3 Å². The SMILES string of the molecule is CCN(CC)Cc1nc2scc(-c3ccccc3)c2c(=O)[nH]1. The number of H-pyrrole nitrogens is 1. The lowest BCUT2D eigenvalue weighted by Gasteiger charge is -2.16. The lowest BCUT2D eigenvalue weighted by atomic mass is 10.1. The van der Waals surface area contributed by atoms with E-state index in [4.69, 9.17) is 0 Å². The van der Waals surface area contributed by atoms with Gasteiger partial charge in [0.1, 0.15) is 10.7 Å². The summed E-state index contributed by atoms with van der Waals surface area (Å²) in [6.07, 6.45) is 0. The van der Waals surface area contributed by atoms with Gasteiger partial charge in [-0.25, -0.2) is 4.98 Å². The molecule has 0 radical (unpaired) electrons. The number of aromatic nitrogens is 2. The Balaban J connectivity index is 2.05. The molecule has 4 nitrogen and oxygen atoms in total. The summed E-state index contributed by atoms with van der Waals surface area (Å²) in [5.41, 5.74) is 1.97. The number of fused-ring (bicyclic) bond motifs is 1. The maximum absolute atomic E-state index is 12.5. The van der Waals surface area contributed by atoms with Crippen LogP contribution in [0.3, 0.4) is 0 Å². The number of rotatable bonds is 5. The molecule has 0 bridgehead atoms. The molecule has 1 aromatic carbocycles. The first-order valence-electron chi connectivity index (χ1n) is 7.51. The molecule has 0 amide bonds. The maximum atomic E-state index is 12.5. The quantitative estimate of drug-likeness (QED) is 0.784. The summed E-state index contributed by atoms with van der Waals surface area (Å²) >= 11 is 1.53. The summed E-state index contributed by atoms with van der Waals surface area (Å²) in [7, 11) is 0. The predicted molar refractivity (Wildman–Crippen MR) is 92.3 cm³/mol. The number of benzene rings is 1. The molecule has 0 aliphatic rings. The predicted octanol–water partition coefficient (Wildman–Crippen LogP) is 3.49. The van der Waals surface area contributed by atoms with E-state index in [2.05, 4.69) is 28.7 Å². The summed E-state index contributed by atoms with van der Waals surface area (Å²) in [5.74, 6) is 0.739. The van der Waals surface area contributed by atoms with Gasteiger partial charge in [-0.2, -0.15) is 0 Å². The van der Waals surface area contributed by atoms with Crippen molar-refractivity contribution >= 4 is 21.6 Å². The maximum Gasteiger partial charge on any atom is 0.260 e. The van der Waals surface area contributed by atoms with Gasteiger partial charge in [0, 0.05) is 10.9 Å². The second-order valence-corrected chi connectivity index (χ2v) is 6.03. The van der Waals surface area contributed by atoms with Crippen LogP contribution in [-0.4, -0.2) is 28.0 Å². The smallest absolute Gasteiger partial charge is 0.260 e. The van der Waals surface area contributed by atoms with Crippen LogP contribution >= 0.6 is 11.3 Å². The van der Waals surface area contributed by atoms with Crippen molar-refractivity contribution in [2.45, 2.75) is 20.4 Å². The highest BCUT2D eigenvalue weighted by atomic mass is 32.1. The van der Waals surface area contributed by atoms with Crippen molar-refractivity contribution in [3.8, 4) is 11.1 Å². The average molecular weight is 313 g/mol. The minimum absolute atomic E-state index is 0.0488. The second-order valence-electron chi connectivity index (χ2n) is 5.17. The van der Waals surface area contributed by atoms with E-state index >= 15 is 0 Å². The van der Waals surface area contributed by atoms with Crippen molar-refractivity contribution in [3.63, 3.8) is 0 Å². The molecule has 0 saturated heterocycles. The van der Waals surface area contributed by atoms with Crippen LogP contribution in [0.1, 0.15) is 19.7 Å². The minimum Gasteiger partial charge on any atom is -0.309 e. The molecule has 3 aromatic rings. The van der Waals surface area contributed by atoms with Gasteiger partial charge < -0.3 is 4.98 Å². The molecule has 5 heteroatoms. The minimum atomic E-state index is -0.0488. The number of hydrogen-bond acceptors (Lipinski definition) is 4. The van der Waals surface area contributed by atoms with Crippen LogP contribution in [0.15, 0.2) is 40.5 Å². The molecule has 0 saturated carbocycles. The van der Waals surface area contributed by atoms with Crippen LogP contribution < -0.4 is 5.56 Å². The van der Waals surface area contributed by atoms with E-state index in [0.29, 0.717) is 11.9 Å². The van der Waals surface area contributed by atoms with Gasteiger partial charge in [0.05, 0.1) is 11.9 Å². The zero-order valence-corrected chi connectivity index (χ0v) is 13.6. The first-order valence-corrected chi connectivity index (χ1v) is 8.39.